The Morgan fingerprint density at radius 1 is 1.43 bits per heavy atom. The van der Waals surface area contributed by atoms with Gasteiger partial charge in [0.1, 0.15) is 0 Å². The van der Waals surface area contributed by atoms with E-state index in [0.717, 1.165) is 0 Å². The molecule has 0 fully saturated rings. The average Bonchev–Trinajstić information content (AvgIpc) is 2.42. The van der Waals surface area contributed by atoms with Crippen LogP contribution < -0.4 is 5.32 Å². The molecule has 0 saturated heterocycles. The van der Waals surface area contributed by atoms with Crippen molar-refractivity contribution in [1.82, 2.24) is 5.32 Å². The molecular weight excluding hydrogens is 272 g/mol. The van der Waals surface area contributed by atoms with Crippen LogP contribution >= 0.6 is 0 Å². The lowest BCUT2D eigenvalue weighted by Gasteiger charge is -2.19. The number of hydrogen-bond donors (Lipinski definition) is 2. The van der Waals surface area contributed by atoms with Gasteiger partial charge < -0.3 is 10.4 Å². The summed E-state index contributed by atoms with van der Waals surface area (Å²) in [6.07, 6.45) is 0.588. The van der Waals surface area contributed by atoms with Crippen LogP contribution in [0.25, 0.3) is 0 Å². The van der Waals surface area contributed by atoms with Crippen LogP contribution in [0.4, 0.5) is 5.69 Å². The van der Waals surface area contributed by atoms with Gasteiger partial charge in [0, 0.05) is 17.2 Å². The molecular formula is C15H22N2O4. The third-order valence-electron chi connectivity index (χ3n) is 3.31. The summed E-state index contributed by atoms with van der Waals surface area (Å²) in [5, 5.41) is 22.9. The Bertz CT molecular complexity index is 531. The SMILES string of the molecule is CCC(CO)NC(=O)c1ccc(C(C)(C)C)c([N+](=O)[O-])c1. The van der Waals surface area contributed by atoms with Gasteiger partial charge in [-0.15, -0.1) is 0 Å². The van der Waals surface area contributed by atoms with Crippen molar-refractivity contribution in [2.45, 2.75) is 45.6 Å². The van der Waals surface area contributed by atoms with Crippen LogP contribution in [0, 0.1) is 10.1 Å². The maximum absolute atomic E-state index is 12.1. The summed E-state index contributed by atoms with van der Waals surface area (Å²) in [7, 11) is 0. The van der Waals surface area contributed by atoms with Gasteiger partial charge in [-0.25, -0.2) is 0 Å². The van der Waals surface area contributed by atoms with Crippen molar-refractivity contribution in [1.29, 1.82) is 0 Å². The second-order valence-electron chi connectivity index (χ2n) is 6.00. The molecule has 21 heavy (non-hydrogen) atoms. The largest absolute Gasteiger partial charge is 0.394 e. The fourth-order valence-corrected chi connectivity index (χ4v) is 2.00. The molecule has 1 amide bonds. The van der Waals surface area contributed by atoms with E-state index in [9.17, 15) is 14.9 Å². The van der Waals surface area contributed by atoms with Gasteiger partial charge >= 0.3 is 0 Å². The van der Waals surface area contributed by atoms with E-state index in [4.69, 9.17) is 5.11 Å². The van der Waals surface area contributed by atoms with Crippen LogP contribution in [0.5, 0.6) is 0 Å². The van der Waals surface area contributed by atoms with Crippen LogP contribution in [0.3, 0.4) is 0 Å². The highest BCUT2D eigenvalue weighted by atomic mass is 16.6. The van der Waals surface area contributed by atoms with Gasteiger partial charge in [-0.3, -0.25) is 14.9 Å². The second kappa shape index (κ2) is 6.67. The van der Waals surface area contributed by atoms with E-state index in [1.54, 1.807) is 12.1 Å². The third kappa shape index (κ3) is 4.26. The van der Waals surface area contributed by atoms with Gasteiger partial charge in [-0.2, -0.15) is 0 Å². The van der Waals surface area contributed by atoms with Crippen LogP contribution in [0.2, 0.25) is 0 Å². The highest BCUT2D eigenvalue weighted by Gasteiger charge is 2.26. The number of amides is 1. The van der Waals surface area contributed by atoms with E-state index < -0.39 is 10.8 Å². The Labute approximate surface area is 124 Å². The summed E-state index contributed by atoms with van der Waals surface area (Å²) in [5.41, 5.74) is 0.362. The van der Waals surface area contributed by atoms with E-state index in [-0.39, 0.29) is 29.3 Å². The minimum atomic E-state index is -0.472. The molecule has 2 N–H and O–H groups in total. The smallest absolute Gasteiger partial charge is 0.273 e. The monoisotopic (exact) mass is 294 g/mol. The summed E-state index contributed by atoms with van der Waals surface area (Å²) in [6, 6.07) is 4.14. The third-order valence-corrected chi connectivity index (χ3v) is 3.31. The molecule has 1 unspecified atom stereocenters. The fraction of sp³-hybridized carbons (Fsp3) is 0.533. The van der Waals surface area contributed by atoms with Gasteiger partial charge in [-0.1, -0.05) is 33.8 Å². The first-order valence-corrected chi connectivity index (χ1v) is 6.91. The number of rotatable bonds is 5. The van der Waals surface area contributed by atoms with E-state index in [1.807, 2.05) is 27.7 Å². The number of aliphatic hydroxyl groups excluding tert-OH is 1. The van der Waals surface area contributed by atoms with Gasteiger partial charge in [0.05, 0.1) is 17.6 Å². The minimum absolute atomic E-state index is 0.0628. The lowest BCUT2D eigenvalue weighted by atomic mass is 9.85. The van der Waals surface area contributed by atoms with Gasteiger partial charge in [-0.05, 0) is 17.9 Å². The standard InChI is InChI=1S/C15H22N2O4/c1-5-11(9-18)16-14(19)10-6-7-12(15(2,3)4)13(8-10)17(20)21/h6-8,11,18H,5,9H2,1-4H3,(H,16,19). The first kappa shape index (κ1) is 17.1. The normalized spacial score (nSPS) is 12.8. The summed E-state index contributed by atoms with van der Waals surface area (Å²) < 4.78 is 0. The highest BCUT2D eigenvalue weighted by Crippen LogP contribution is 2.31. The molecule has 0 radical (unpaired) electrons. The van der Waals surface area contributed by atoms with E-state index in [0.29, 0.717) is 12.0 Å². The van der Waals surface area contributed by atoms with Crippen molar-refractivity contribution >= 4 is 11.6 Å². The molecule has 0 aliphatic carbocycles. The summed E-state index contributed by atoms with van der Waals surface area (Å²) in [4.78, 5) is 22.8. The molecule has 0 spiro atoms. The van der Waals surface area contributed by atoms with Crippen LogP contribution in [-0.2, 0) is 5.41 Å². The molecule has 6 heteroatoms. The van der Waals surface area contributed by atoms with Crippen molar-refractivity contribution in [3.05, 3.63) is 39.4 Å². The lowest BCUT2D eigenvalue weighted by molar-refractivity contribution is -0.386. The fourth-order valence-electron chi connectivity index (χ4n) is 2.00. The molecule has 0 bridgehead atoms. The summed E-state index contributed by atoms with van der Waals surface area (Å²) in [6.45, 7) is 7.33. The Kier molecular flexibility index (Phi) is 5.43. The zero-order valence-electron chi connectivity index (χ0n) is 12.8. The molecule has 0 heterocycles. The first-order valence-electron chi connectivity index (χ1n) is 6.91. The van der Waals surface area contributed by atoms with Crippen LogP contribution in [-0.4, -0.2) is 28.6 Å². The maximum Gasteiger partial charge on any atom is 0.273 e. The van der Waals surface area contributed by atoms with E-state index in [2.05, 4.69) is 5.32 Å². The number of nitro groups is 1. The van der Waals surface area contributed by atoms with Crippen molar-refractivity contribution < 1.29 is 14.8 Å². The minimum Gasteiger partial charge on any atom is -0.394 e. The molecule has 1 rings (SSSR count). The number of carbonyl (C=O) groups is 1. The number of nitro benzene ring substituents is 1. The maximum atomic E-state index is 12.1. The molecule has 0 saturated carbocycles. The zero-order chi connectivity index (χ0) is 16.2. The van der Waals surface area contributed by atoms with Crippen molar-refractivity contribution in [3.63, 3.8) is 0 Å². The number of benzene rings is 1. The molecule has 0 aliphatic heterocycles. The Morgan fingerprint density at radius 3 is 2.48 bits per heavy atom. The number of nitrogens with one attached hydrogen (secondary N) is 1. The topological polar surface area (TPSA) is 92.5 Å². The zero-order valence-corrected chi connectivity index (χ0v) is 12.8. The van der Waals surface area contributed by atoms with Crippen LogP contribution in [0.1, 0.15) is 50.0 Å². The second-order valence-corrected chi connectivity index (χ2v) is 6.00. The van der Waals surface area contributed by atoms with Crippen molar-refractivity contribution in [3.8, 4) is 0 Å². The number of aliphatic hydroxyl groups is 1. The Morgan fingerprint density at radius 2 is 2.05 bits per heavy atom. The van der Waals surface area contributed by atoms with Crippen LogP contribution in [0.15, 0.2) is 18.2 Å². The average molecular weight is 294 g/mol. The van der Waals surface area contributed by atoms with Gasteiger partial charge in [0.25, 0.3) is 11.6 Å². The van der Waals surface area contributed by atoms with Crippen molar-refractivity contribution in [2.75, 3.05) is 6.61 Å². The Balaban J connectivity index is 3.14. The number of nitrogens with zero attached hydrogens (tertiary/aromatic N) is 1. The molecule has 0 aliphatic rings. The summed E-state index contributed by atoms with van der Waals surface area (Å²) >= 11 is 0. The van der Waals surface area contributed by atoms with E-state index >= 15 is 0 Å². The van der Waals surface area contributed by atoms with E-state index in [1.165, 1.54) is 6.07 Å². The molecule has 6 nitrogen and oxygen atoms in total. The van der Waals surface area contributed by atoms with Gasteiger partial charge in [0.15, 0.2) is 0 Å². The Hall–Kier alpha value is -1.95. The summed E-state index contributed by atoms with van der Waals surface area (Å²) in [5.74, 6) is -0.417. The number of carbonyl (C=O) groups excluding carboxylic acids is 1. The van der Waals surface area contributed by atoms with Gasteiger partial charge in [0.2, 0.25) is 0 Å². The predicted octanol–water partition coefficient (Wildman–Crippen LogP) is 2.39. The molecule has 116 valence electrons. The molecule has 1 aromatic rings. The number of hydrogen-bond acceptors (Lipinski definition) is 4. The van der Waals surface area contributed by atoms with Crippen molar-refractivity contribution in [2.24, 2.45) is 0 Å². The molecule has 0 aromatic heterocycles. The highest BCUT2D eigenvalue weighted by molar-refractivity contribution is 5.95. The first-order chi connectivity index (χ1) is 9.70. The molecule has 1 aromatic carbocycles. The lowest BCUT2D eigenvalue weighted by Crippen LogP contribution is -2.37. The molecule has 1 atom stereocenters. The quantitative estimate of drug-likeness (QED) is 0.644. The predicted molar refractivity (Wildman–Crippen MR) is 80.4 cm³/mol.